The Morgan fingerprint density at radius 2 is 1.65 bits per heavy atom. The smallest absolute Gasteiger partial charge is 0.336 e. The molecule has 0 bridgehead atoms. The zero-order chi connectivity index (χ0) is 15.1. The molecule has 0 aliphatic rings. The molecule has 0 unspecified atom stereocenters. The summed E-state index contributed by atoms with van der Waals surface area (Å²) >= 11 is 0. The van der Waals surface area contributed by atoms with E-state index < -0.39 is 17.9 Å². The van der Waals surface area contributed by atoms with Crippen LogP contribution in [0.5, 0.6) is 11.5 Å². The number of carboxylic acids is 2. The van der Waals surface area contributed by atoms with Gasteiger partial charge in [-0.15, -0.1) is 0 Å². The summed E-state index contributed by atoms with van der Waals surface area (Å²) in [5.41, 5.74) is 0.384. The van der Waals surface area contributed by atoms with Crippen molar-refractivity contribution in [3.63, 3.8) is 0 Å². The van der Waals surface area contributed by atoms with E-state index in [1.807, 2.05) is 0 Å². The lowest BCUT2D eigenvalue weighted by molar-refractivity contribution is -0.133. The zero-order valence-electron chi connectivity index (χ0n) is 10.0. The predicted octanol–water partition coefficient (Wildman–Crippen LogP) is 1.04. The minimum atomic E-state index is -1.32. The molecular weight excluding hydrogens is 268 g/mol. The Balaban J connectivity index is 2.89. The standard InChI is InChI=1S/C13H10O7/c14-9-3-1-8(2-4-11(15)16)7-10(9)20-13(19)6-5-12(17)18/h1-7,14H,(H,15,16)(H,17,18). The van der Waals surface area contributed by atoms with E-state index in [0.717, 1.165) is 6.08 Å². The number of aromatic hydroxyl groups is 1. The molecule has 1 aromatic rings. The second-order valence-corrected chi connectivity index (χ2v) is 3.49. The molecule has 7 nitrogen and oxygen atoms in total. The van der Waals surface area contributed by atoms with Gasteiger partial charge in [-0.1, -0.05) is 6.07 Å². The highest BCUT2D eigenvalue weighted by atomic mass is 16.5. The first-order chi connectivity index (χ1) is 9.38. The van der Waals surface area contributed by atoms with Crippen LogP contribution >= 0.6 is 0 Å². The monoisotopic (exact) mass is 278 g/mol. The Morgan fingerprint density at radius 3 is 2.25 bits per heavy atom. The first kappa shape index (κ1) is 15.0. The SMILES string of the molecule is O=C(O)C=CC(=O)Oc1cc(C=CC(=O)O)ccc1O. The molecular formula is C13H10O7. The number of phenols is 1. The van der Waals surface area contributed by atoms with Crippen LogP contribution in [-0.2, 0) is 14.4 Å². The summed E-state index contributed by atoms with van der Waals surface area (Å²) in [4.78, 5) is 31.8. The third kappa shape index (κ3) is 5.05. The summed E-state index contributed by atoms with van der Waals surface area (Å²) in [6, 6.07) is 3.87. The molecule has 0 saturated carbocycles. The highest BCUT2D eigenvalue weighted by Gasteiger charge is 2.07. The van der Waals surface area contributed by atoms with E-state index in [4.69, 9.17) is 14.9 Å². The van der Waals surface area contributed by atoms with E-state index >= 15 is 0 Å². The first-order valence-electron chi connectivity index (χ1n) is 5.25. The van der Waals surface area contributed by atoms with Gasteiger partial charge in [0.2, 0.25) is 0 Å². The van der Waals surface area contributed by atoms with Crippen molar-refractivity contribution in [1.82, 2.24) is 0 Å². The van der Waals surface area contributed by atoms with Crippen molar-refractivity contribution in [2.24, 2.45) is 0 Å². The maximum Gasteiger partial charge on any atom is 0.336 e. The Labute approximate surface area is 113 Å². The van der Waals surface area contributed by atoms with Gasteiger partial charge in [-0.05, 0) is 23.8 Å². The summed E-state index contributed by atoms with van der Waals surface area (Å²) in [6.45, 7) is 0. The molecule has 7 heteroatoms. The van der Waals surface area contributed by atoms with E-state index in [0.29, 0.717) is 17.7 Å². The number of benzene rings is 1. The first-order valence-corrected chi connectivity index (χ1v) is 5.25. The van der Waals surface area contributed by atoms with Crippen molar-refractivity contribution in [2.75, 3.05) is 0 Å². The normalized spacial score (nSPS) is 10.8. The molecule has 1 rings (SSSR count). The number of carbonyl (C=O) groups excluding carboxylic acids is 1. The third-order valence-corrected chi connectivity index (χ3v) is 1.97. The quantitative estimate of drug-likeness (QED) is 0.418. The van der Waals surface area contributed by atoms with Gasteiger partial charge in [0, 0.05) is 18.2 Å². The molecule has 3 N–H and O–H groups in total. The summed E-state index contributed by atoms with van der Waals surface area (Å²) in [7, 11) is 0. The highest BCUT2D eigenvalue weighted by molar-refractivity contribution is 5.92. The second-order valence-electron chi connectivity index (χ2n) is 3.49. The molecule has 0 saturated heterocycles. The van der Waals surface area contributed by atoms with Gasteiger partial charge in [-0.25, -0.2) is 14.4 Å². The number of carbonyl (C=O) groups is 3. The van der Waals surface area contributed by atoms with Crippen molar-refractivity contribution >= 4 is 24.0 Å². The van der Waals surface area contributed by atoms with Gasteiger partial charge in [0.1, 0.15) is 0 Å². The Morgan fingerprint density at radius 1 is 1.00 bits per heavy atom. The van der Waals surface area contributed by atoms with E-state index in [-0.39, 0.29) is 11.5 Å². The van der Waals surface area contributed by atoms with Crippen LogP contribution in [0.25, 0.3) is 6.08 Å². The largest absolute Gasteiger partial charge is 0.504 e. The van der Waals surface area contributed by atoms with Gasteiger partial charge in [-0.2, -0.15) is 0 Å². The minimum Gasteiger partial charge on any atom is -0.504 e. The van der Waals surface area contributed by atoms with Gasteiger partial charge < -0.3 is 20.1 Å². The van der Waals surface area contributed by atoms with Crippen LogP contribution in [0.4, 0.5) is 0 Å². The fourth-order valence-corrected chi connectivity index (χ4v) is 1.17. The number of hydrogen-bond donors (Lipinski definition) is 3. The minimum absolute atomic E-state index is 0.211. The zero-order valence-corrected chi connectivity index (χ0v) is 10.0. The summed E-state index contributed by atoms with van der Waals surface area (Å²) in [6.07, 6.45) is 3.39. The van der Waals surface area contributed by atoms with E-state index in [9.17, 15) is 19.5 Å². The average molecular weight is 278 g/mol. The number of esters is 1. The number of aliphatic carboxylic acids is 2. The molecule has 0 aliphatic carbocycles. The van der Waals surface area contributed by atoms with Gasteiger partial charge in [0.25, 0.3) is 0 Å². The topological polar surface area (TPSA) is 121 Å². The number of hydrogen-bond acceptors (Lipinski definition) is 5. The summed E-state index contributed by atoms with van der Waals surface area (Å²) < 4.78 is 4.72. The van der Waals surface area contributed by atoms with E-state index in [1.165, 1.54) is 24.3 Å². The van der Waals surface area contributed by atoms with Gasteiger partial charge >= 0.3 is 17.9 Å². The van der Waals surface area contributed by atoms with Crippen molar-refractivity contribution in [3.8, 4) is 11.5 Å². The molecule has 1 aromatic carbocycles. The Hall–Kier alpha value is -3.09. The molecule has 0 amide bonds. The molecule has 20 heavy (non-hydrogen) atoms. The van der Waals surface area contributed by atoms with Crippen molar-refractivity contribution in [3.05, 3.63) is 42.0 Å². The maximum atomic E-state index is 11.3. The molecule has 0 atom stereocenters. The van der Waals surface area contributed by atoms with Gasteiger partial charge in [-0.3, -0.25) is 0 Å². The molecule has 0 fully saturated rings. The fourth-order valence-electron chi connectivity index (χ4n) is 1.17. The lowest BCUT2D eigenvalue weighted by Crippen LogP contribution is -2.05. The number of ether oxygens (including phenoxy) is 1. The van der Waals surface area contributed by atoms with Crippen molar-refractivity contribution in [2.45, 2.75) is 0 Å². The summed E-state index contributed by atoms with van der Waals surface area (Å²) in [5.74, 6) is -4.00. The Kier molecular flexibility index (Phi) is 5.04. The predicted molar refractivity (Wildman–Crippen MR) is 67.2 cm³/mol. The van der Waals surface area contributed by atoms with Crippen LogP contribution in [0, 0.1) is 0 Å². The van der Waals surface area contributed by atoms with Gasteiger partial charge in [0.05, 0.1) is 0 Å². The van der Waals surface area contributed by atoms with E-state index in [1.54, 1.807) is 0 Å². The lowest BCUT2D eigenvalue weighted by Gasteiger charge is -2.05. The Bertz CT molecular complexity index is 599. The van der Waals surface area contributed by atoms with Gasteiger partial charge in [0.15, 0.2) is 11.5 Å². The van der Waals surface area contributed by atoms with Crippen LogP contribution in [0.15, 0.2) is 36.4 Å². The fraction of sp³-hybridized carbons (Fsp3) is 0. The number of rotatable bonds is 5. The molecule has 0 aliphatic heterocycles. The molecule has 104 valence electrons. The van der Waals surface area contributed by atoms with Crippen LogP contribution in [0.3, 0.4) is 0 Å². The van der Waals surface area contributed by atoms with E-state index in [2.05, 4.69) is 0 Å². The van der Waals surface area contributed by atoms with Crippen LogP contribution in [0.1, 0.15) is 5.56 Å². The van der Waals surface area contributed by atoms with Crippen LogP contribution in [-0.4, -0.2) is 33.2 Å². The second kappa shape index (κ2) is 6.74. The van der Waals surface area contributed by atoms with Crippen molar-refractivity contribution < 1.29 is 34.4 Å². The van der Waals surface area contributed by atoms with Crippen LogP contribution in [0.2, 0.25) is 0 Å². The maximum absolute atomic E-state index is 11.3. The molecule has 0 heterocycles. The summed E-state index contributed by atoms with van der Waals surface area (Å²) in [5, 5.41) is 26.3. The molecule has 0 radical (unpaired) electrons. The van der Waals surface area contributed by atoms with Crippen LogP contribution < -0.4 is 4.74 Å². The number of carboxylic acid groups (broad SMARTS) is 2. The third-order valence-electron chi connectivity index (χ3n) is 1.97. The molecule has 0 spiro atoms. The average Bonchev–Trinajstić information content (AvgIpc) is 2.37. The lowest BCUT2D eigenvalue weighted by atomic mass is 10.2. The highest BCUT2D eigenvalue weighted by Crippen LogP contribution is 2.27. The number of phenolic OH excluding ortho intramolecular Hbond substituents is 1. The van der Waals surface area contributed by atoms with Crippen molar-refractivity contribution in [1.29, 1.82) is 0 Å². The molecule has 0 aromatic heterocycles.